The molecule has 0 atom stereocenters. The molecular formula is C17H15NO2S. The lowest BCUT2D eigenvalue weighted by Crippen LogP contribution is -2.07. The first-order valence-electron chi connectivity index (χ1n) is 6.93. The third-order valence-corrected chi connectivity index (χ3v) is 5.58. The van der Waals surface area contributed by atoms with Gasteiger partial charge in [-0.05, 0) is 54.2 Å². The summed E-state index contributed by atoms with van der Waals surface area (Å²) in [6.07, 6.45) is 3.08. The summed E-state index contributed by atoms with van der Waals surface area (Å²) in [7, 11) is -3.42. The van der Waals surface area contributed by atoms with Crippen LogP contribution in [0.1, 0.15) is 28.7 Å². The summed E-state index contributed by atoms with van der Waals surface area (Å²) in [5.41, 5.74) is 3.37. The van der Waals surface area contributed by atoms with E-state index in [9.17, 15) is 8.42 Å². The number of rotatable bonds is 3. The molecule has 0 radical (unpaired) electrons. The van der Waals surface area contributed by atoms with Crippen molar-refractivity contribution in [1.29, 1.82) is 5.26 Å². The smallest absolute Gasteiger partial charge is 0.182 e. The van der Waals surface area contributed by atoms with Crippen LogP contribution in [0.2, 0.25) is 0 Å². The summed E-state index contributed by atoms with van der Waals surface area (Å²) < 4.78 is 25.1. The Labute approximate surface area is 124 Å². The highest BCUT2D eigenvalue weighted by atomic mass is 32.2. The molecule has 0 aromatic heterocycles. The van der Waals surface area contributed by atoms with Crippen LogP contribution in [0.5, 0.6) is 0 Å². The molecule has 1 aliphatic carbocycles. The fourth-order valence-electron chi connectivity index (χ4n) is 2.78. The Morgan fingerprint density at radius 3 is 2.62 bits per heavy atom. The van der Waals surface area contributed by atoms with E-state index in [1.807, 2.05) is 12.1 Å². The summed E-state index contributed by atoms with van der Waals surface area (Å²) in [6.45, 7) is 0. The van der Waals surface area contributed by atoms with E-state index >= 15 is 0 Å². The van der Waals surface area contributed by atoms with E-state index in [1.54, 1.807) is 36.4 Å². The predicted molar refractivity (Wildman–Crippen MR) is 80.5 cm³/mol. The van der Waals surface area contributed by atoms with Gasteiger partial charge in [0.2, 0.25) is 0 Å². The molecule has 3 rings (SSSR count). The molecule has 0 amide bonds. The normalized spacial score (nSPS) is 13.7. The highest BCUT2D eigenvalue weighted by molar-refractivity contribution is 7.90. The van der Waals surface area contributed by atoms with E-state index < -0.39 is 9.84 Å². The van der Waals surface area contributed by atoms with E-state index in [-0.39, 0.29) is 5.75 Å². The number of hydrogen-bond acceptors (Lipinski definition) is 3. The van der Waals surface area contributed by atoms with Crippen molar-refractivity contribution in [1.82, 2.24) is 0 Å². The van der Waals surface area contributed by atoms with Gasteiger partial charge in [-0.2, -0.15) is 5.26 Å². The van der Waals surface area contributed by atoms with Crippen LogP contribution in [-0.4, -0.2) is 8.42 Å². The number of hydrogen-bond donors (Lipinski definition) is 0. The zero-order valence-corrected chi connectivity index (χ0v) is 12.4. The summed E-state index contributed by atoms with van der Waals surface area (Å²) in [6, 6.07) is 14.3. The Morgan fingerprint density at radius 1 is 1.05 bits per heavy atom. The van der Waals surface area contributed by atoms with E-state index in [0.717, 1.165) is 24.8 Å². The molecule has 0 saturated heterocycles. The van der Waals surface area contributed by atoms with E-state index in [0.29, 0.717) is 16.0 Å². The van der Waals surface area contributed by atoms with Crippen molar-refractivity contribution in [2.24, 2.45) is 0 Å². The van der Waals surface area contributed by atoms with Crippen LogP contribution >= 0.6 is 0 Å². The minimum Gasteiger partial charge on any atom is -0.223 e. The van der Waals surface area contributed by atoms with Gasteiger partial charge in [-0.3, -0.25) is 0 Å². The van der Waals surface area contributed by atoms with Gasteiger partial charge in [0.25, 0.3) is 0 Å². The Morgan fingerprint density at radius 2 is 1.81 bits per heavy atom. The fourth-order valence-corrected chi connectivity index (χ4v) is 4.21. The van der Waals surface area contributed by atoms with Gasteiger partial charge in [-0.25, -0.2) is 8.42 Å². The molecule has 4 heteroatoms. The minimum atomic E-state index is -3.42. The van der Waals surface area contributed by atoms with Gasteiger partial charge in [-0.1, -0.05) is 24.3 Å². The van der Waals surface area contributed by atoms with Crippen LogP contribution in [0.3, 0.4) is 0 Å². The lowest BCUT2D eigenvalue weighted by Gasteiger charge is -2.08. The Balaban J connectivity index is 1.96. The molecular weight excluding hydrogens is 282 g/mol. The predicted octanol–water partition coefficient (Wildman–Crippen LogP) is 3.02. The average Bonchev–Trinajstić information content (AvgIpc) is 2.95. The van der Waals surface area contributed by atoms with Crippen molar-refractivity contribution in [3.05, 3.63) is 64.7 Å². The molecule has 2 aromatic rings. The van der Waals surface area contributed by atoms with Gasteiger partial charge >= 0.3 is 0 Å². The number of nitrogens with zero attached hydrogens (tertiary/aromatic N) is 1. The maximum atomic E-state index is 12.6. The molecule has 3 nitrogen and oxygen atoms in total. The van der Waals surface area contributed by atoms with Gasteiger partial charge in [0.05, 0.1) is 22.3 Å². The minimum absolute atomic E-state index is 0.129. The number of aryl methyl sites for hydroxylation is 2. The lowest BCUT2D eigenvalue weighted by molar-refractivity contribution is 0.595. The van der Waals surface area contributed by atoms with Gasteiger partial charge in [0, 0.05) is 0 Å². The summed E-state index contributed by atoms with van der Waals surface area (Å²) >= 11 is 0. The maximum absolute atomic E-state index is 12.6. The van der Waals surface area contributed by atoms with Crippen molar-refractivity contribution in [3.63, 3.8) is 0 Å². The quantitative estimate of drug-likeness (QED) is 0.875. The van der Waals surface area contributed by atoms with Crippen LogP contribution in [0, 0.1) is 11.3 Å². The second kappa shape index (κ2) is 5.34. The van der Waals surface area contributed by atoms with Crippen molar-refractivity contribution < 1.29 is 8.42 Å². The van der Waals surface area contributed by atoms with Crippen molar-refractivity contribution in [2.75, 3.05) is 0 Å². The largest absolute Gasteiger partial charge is 0.223 e. The van der Waals surface area contributed by atoms with Crippen molar-refractivity contribution >= 4 is 9.84 Å². The van der Waals surface area contributed by atoms with E-state index in [2.05, 4.69) is 0 Å². The third-order valence-electron chi connectivity index (χ3n) is 3.91. The SMILES string of the molecule is N#Cc1ccccc1CS(=O)(=O)c1ccc2c(c1)CCC2. The third kappa shape index (κ3) is 2.70. The van der Waals surface area contributed by atoms with Gasteiger partial charge in [0.1, 0.15) is 0 Å². The molecule has 106 valence electrons. The number of sulfone groups is 1. The van der Waals surface area contributed by atoms with E-state index in [1.165, 1.54) is 5.56 Å². The molecule has 0 saturated carbocycles. The summed E-state index contributed by atoms with van der Waals surface area (Å²) in [5, 5.41) is 9.07. The topological polar surface area (TPSA) is 57.9 Å². The van der Waals surface area contributed by atoms with Crippen molar-refractivity contribution in [3.8, 4) is 6.07 Å². The highest BCUT2D eigenvalue weighted by Gasteiger charge is 2.20. The van der Waals surface area contributed by atoms with Crippen LogP contribution < -0.4 is 0 Å². The van der Waals surface area contributed by atoms with Crippen molar-refractivity contribution in [2.45, 2.75) is 29.9 Å². The molecule has 0 fully saturated rings. The van der Waals surface area contributed by atoms with Crippen LogP contribution in [0.15, 0.2) is 47.4 Å². The fraction of sp³-hybridized carbons (Fsp3) is 0.235. The molecule has 0 heterocycles. The first-order chi connectivity index (χ1) is 10.1. The molecule has 0 spiro atoms. The Bertz CT molecular complexity index is 832. The monoisotopic (exact) mass is 297 g/mol. The van der Waals surface area contributed by atoms with Gasteiger partial charge < -0.3 is 0 Å². The highest BCUT2D eigenvalue weighted by Crippen LogP contribution is 2.26. The number of benzene rings is 2. The summed E-state index contributed by atoms with van der Waals surface area (Å²) in [4.78, 5) is 0.357. The van der Waals surface area contributed by atoms with Crippen LogP contribution in [0.25, 0.3) is 0 Å². The second-order valence-electron chi connectivity index (χ2n) is 5.31. The Hall–Kier alpha value is -2.12. The van der Waals surface area contributed by atoms with E-state index in [4.69, 9.17) is 5.26 Å². The first kappa shape index (κ1) is 13.8. The standard InChI is InChI=1S/C17H15NO2S/c18-11-15-4-1-2-5-16(15)12-21(19,20)17-9-8-13-6-3-7-14(13)10-17/h1-2,4-5,8-10H,3,6-7,12H2. The van der Waals surface area contributed by atoms with Crippen LogP contribution in [-0.2, 0) is 28.4 Å². The molecule has 21 heavy (non-hydrogen) atoms. The summed E-state index contributed by atoms with van der Waals surface area (Å²) in [5.74, 6) is -0.129. The van der Waals surface area contributed by atoms with Gasteiger partial charge in [0.15, 0.2) is 9.84 Å². The second-order valence-corrected chi connectivity index (χ2v) is 7.30. The zero-order chi connectivity index (χ0) is 14.9. The molecule has 1 aliphatic rings. The number of fused-ring (bicyclic) bond motifs is 1. The molecule has 0 aliphatic heterocycles. The van der Waals surface area contributed by atoms with Crippen LogP contribution in [0.4, 0.5) is 0 Å². The molecule has 2 aromatic carbocycles. The lowest BCUT2D eigenvalue weighted by atomic mass is 10.1. The molecule has 0 N–H and O–H groups in total. The first-order valence-corrected chi connectivity index (χ1v) is 8.58. The Kier molecular flexibility index (Phi) is 3.52. The zero-order valence-electron chi connectivity index (χ0n) is 11.5. The van der Waals surface area contributed by atoms with Gasteiger partial charge in [-0.15, -0.1) is 0 Å². The molecule has 0 bridgehead atoms. The average molecular weight is 297 g/mol. The maximum Gasteiger partial charge on any atom is 0.182 e. The molecule has 0 unspecified atom stereocenters. The number of nitriles is 1.